The molecule has 0 saturated carbocycles. The number of H-pyrrole nitrogens is 1. The topological polar surface area (TPSA) is 113 Å². The zero-order chi connectivity index (χ0) is 21.3. The summed E-state index contributed by atoms with van der Waals surface area (Å²) in [5.41, 5.74) is 3.40. The number of carbonyl (C=O) groups excluding carboxylic acids is 1. The number of nitriles is 1. The molecule has 0 aliphatic rings. The minimum atomic E-state index is -0.249. The van der Waals surface area contributed by atoms with Gasteiger partial charge in [-0.1, -0.05) is 23.4 Å². The largest absolute Gasteiger partial charge is 0.467 e. The fourth-order valence-electron chi connectivity index (χ4n) is 3.11. The second kappa shape index (κ2) is 8.26. The molecule has 4 aromatic heterocycles. The number of nitrogens with zero attached hydrogens (tertiary/aromatic N) is 4. The molecule has 0 fully saturated rings. The molecule has 0 aliphatic heterocycles. The van der Waals surface area contributed by atoms with Crippen LogP contribution in [0.25, 0.3) is 11.2 Å². The van der Waals surface area contributed by atoms with Crippen LogP contribution in [0.5, 0.6) is 0 Å². The monoisotopic (exact) mass is 440 g/mol. The summed E-state index contributed by atoms with van der Waals surface area (Å²) in [7, 11) is 0. The van der Waals surface area contributed by atoms with Crippen LogP contribution in [-0.2, 0) is 11.3 Å². The molecule has 152 valence electrons. The zero-order valence-corrected chi connectivity index (χ0v) is 17.8. The first-order valence-corrected chi connectivity index (χ1v) is 10.4. The number of hydrogen-bond acceptors (Lipinski definition) is 6. The lowest BCUT2D eigenvalue weighted by atomic mass is 10.2. The molecule has 0 atom stereocenters. The second-order valence-electron chi connectivity index (χ2n) is 6.61. The van der Waals surface area contributed by atoms with Crippen molar-refractivity contribution < 1.29 is 9.21 Å². The second-order valence-corrected chi connectivity index (χ2v) is 8.02. The van der Waals surface area contributed by atoms with Crippen LogP contribution in [0.15, 0.2) is 40.2 Å². The highest BCUT2D eigenvalue weighted by Crippen LogP contribution is 2.28. The summed E-state index contributed by atoms with van der Waals surface area (Å²) in [5.74, 6) is 1.06. The fraction of sp³-hybridized carbons (Fsp3) is 0.200. The van der Waals surface area contributed by atoms with E-state index in [4.69, 9.17) is 16.0 Å². The number of thioether (sulfide) groups is 1. The van der Waals surface area contributed by atoms with Crippen molar-refractivity contribution in [3.8, 4) is 6.07 Å². The number of halogens is 1. The Kier molecular flexibility index (Phi) is 5.53. The Morgan fingerprint density at radius 1 is 1.47 bits per heavy atom. The third kappa shape index (κ3) is 3.92. The van der Waals surface area contributed by atoms with Crippen molar-refractivity contribution >= 4 is 46.3 Å². The average molecular weight is 441 g/mol. The Hall–Kier alpha value is -3.22. The molecular formula is C20H17ClN6O2S. The van der Waals surface area contributed by atoms with E-state index in [9.17, 15) is 10.1 Å². The predicted octanol–water partition coefficient (Wildman–Crippen LogP) is 4.27. The molecule has 0 bridgehead atoms. The molecule has 4 rings (SSSR count). The lowest BCUT2D eigenvalue weighted by Crippen LogP contribution is -2.18. The maximum atomic E-state index is 12.6. The molecule has 0 radical (unpaired) electrons. The highest BCUT2D eigenvalue weighted by Gasteiger charge is 2.20. The van der Waals surface area contributed by atoms with Crippen molar-refractivity contribution in [2.75, 3.05) is 11.1 Å². The first-order valence-electron chi connectivity index (χ1n) is 9.02. The minimum Gasteiger partial charge on any atom is -0.467 e. The zero-order valence-electron chi connectivity index (χ0n) is 16.2. The van der Waals surface area contributed by atoms with Crippen molar-refractivity contribution in [1.82, 2.24) is 19.5 Å². The van der Waals surface area contributed by atoms with Crippen molar-refractivity contribution in [3.63, 3.8) is 0 Å². The molecule has 0 spiro atoms. The SMILES string of the molecule is Cc1c(C#N)c(NC(=O)CSc2nc3ncc(Cl)cc3[nH]2)n(Cc2ccco2)c1C. The molecule has 1 amide bonds. The normalized spacial score (nSPS) is 11.0. The Labute approximate surface area is 181 Å². The highest BCUT2D eigenvalue weighted by atomic mass is 35.5. The van der Waals surface area contributed by atoms with E-state index < -0.39 is 0 Å². The number of carbonyl (C=O) groups is 1. The van der Waals surface area contributed by atoms with E-state index in [1.54, 1.807) is 18.4 Å². The number of nitrogens with one attached hydrogen (secondary N) is 2. The van der Waals surface area contributed by atoms with Crippen LogP contribution >= 0.6 is 23.4 Å². The van der Waals surface area contributed by atoms with Crippen molar-refractivity contribution in [2.45, 2.75) is 25.5 Å². The smallest absolute Gasteiger partial charge is 0.235 e. The van der Waals surface area contributed by atoms with E-state index in [1.807, 2.05) is 24.5 Å². The number of hydrogen-bond donors (Lipinski definition) is 2. The third-order valence-electron chi connectivity index (χ3n) is 4.72. The number of aromatic amines is 1. The van der Waals surface area contributed by atoms with Gasteiger partial charge in [-0.25, -0.2) is 9.97 Å². The van der Waals surface area contributed by atoms with Gasteiger partial charge >= 0.3 is 0 Å². The van der Waals surface area contributed by atoms with Gasteiger partial charge < -0.3 is 19.3 Å². The van der Waals surface area contributed by atoms with Gasteiger partial charge in [-0.05, 0) is 37.6 Å². The lowest BCUT2D eigenvalue weighted by Gasteiger charge is -2.11. The summed E-state index contributed by atoms with van der Waals surface area (Å²) in [4.78, 5) is 24.2. The summed E-state index contributed by atoms with van der Waals surface area (Å²) < 4.78 is 7.31. The summed E-state index contributed by atoms with van der Waals surface area (Å²) in [6.07, 6.45) is 3.11. The van der Waals surface area contributed by atoms with Gasteiger partial charge in [-0.2, -0.15) is 5.26 Å². The van der Waals surface area contributed by atoms with E-state index in [0.717, 1.165) is 17.0 Å². The number of fused-ring (bicyclic) bond motifs is 1. The van der Waals surface area contributed by atoms with Crippen molar-refractivity contribution in [3.05, 3.63) is 58.3 Å². The molecule has 0 aliphatic carbocycles. The molecule has 10 heteroatoms. The molecule has 2 N–H and O–H groups in total. The van der Waals surface area contributed by atoms with Crippen LogP contribution in [0.4, 0.5) is 5.82 Å². The maximum absolute atomic E-state index is 12.6. The fourth-order valence-corrected chi connectivity index (χ4v) is 3.94. The molecular weight excluding hydrogens is 424 g/mol. The van der Waals surface area contributed by atoms with Crippen molar-refractivity contribution in [1.29, 1.82) is 5.26 Å². The molecule has 4 aromatic rings. The van der Waals surface area contributed by atoms with Crippen LogP contribution in [-0.4, -0.2) is 31.2 Å². The quantitative estimate of drug-likeness (QED) is 0.433. The van der Waals surface area contributed by atoms with Gasteiger partial charge in [0.05, 0.1) is 34.7 Å². The van der Waals surface area contributed by atoms with Gasteiger partial charge in [0.25, 0.3) is 0 Å². The number of pyridine rings is 1. The molecule has 8 nitrogen and oxygen atoms in total. The Morgan fingerprint density at radius 3 is 3.03 bits per heavy atom. The molecule has 30 heavy (non-hydrogen) atoms. The van der Waals surface area contributed by atoms with Gasteiger partial charge in [-0.3, -0.25) is 4.79 Å². The standard InChI is InChI=1S/C20H17ClN6O2S/c1-11-12(2)27(9-14-4-3-5-29-14)19(15(11)7-22)25-17(28)10-30-20-24-16-6-13(21)8-23-18(16)26-20/h3-6,8H,9-10H2,1-2H3,(H,25,28)(H,23,24,26). The number of furan rings is 1. The van der Waals surface area contributed by atoms with E-state index in [1.165, 1.54) is 18.0 Å². The minimum absolute atomic E-state index is 0.114. The number of rotatable bonds is 6. The maximum Gasteiger partial charge on any atom is 0.235 e. The Balaban J connectivity index is 1.51. The van der Waals surface area contributed by atoms with Crippen LogP contribution in [0, 0.1) is 25.2 Å². The van der Waals surface area contributed by atoms with Crippen LogP contribution in [0.2, 0.25) is 5.02 Å². The van der Waals surface area contributed by atoms with Crippen LogP contribution in [0.1, 0.15) is 22.6 Å². The Morgan fingerprint density at radius 2 is 2.30 bits per heavy atom. The number of amides is 1. The molecule has 0 saturated heterocycles. The molecule has 4 heterocycles. The van der Waals surface area contributed by atoms with Gasteiger partial charge in [0.2, 0.25) is 5.91 Å². The average Bonchev–Trinajstić information content (AvgIpc) is 3.42. The molecule has 0 unspecified atom stereocenters. The van der Waals surface area contributed by atoms with Gasteiger partial charge in [0.15, 0.2) is 10.8 Å². The summed E-state index contributed by atoms with van der Waals surface area (Å²) in [6, 6.07) is 7.58. The number of aromatic nitrogens is 4. The first-order chi connectivity index (χ1) is 14.5. The third-order valence-corrected chi connectivity index (χ3v) is 5.80. The van der Waals surface area contributed by atoms with Gasteiger partial charge in [-0.15, -0.1) is 0 Å². The predicted molar refractivity (Wildman–Crippen MR) is 115 cm³/mol. The van der Waals surface area contributed by atoms with Crippen LogP contribution in [0.3, 0.4) is 0 Å². The highest BCUT2D eigenvalue weighted by molar-refractivity contribution is 7.99. The van der Waals surface area contributed by atoms with Crippen molar-refractivity contribution in [2.24, 2.45) is 0 Å². The lowest BCUT2D eigenvalue weighted by molar-refractivity contribution is -0.113. The van der Waals surface area contributed by atoms with E-state index >= 15 is 0 Å². The van der Waals surface area contributed by atoms with E-state index in [0.29, 0.717) is 39.3 Å². The van der Waals surface area contributed by atoms with E-state index in [-0.39, 0.29) is 11.7 Å². The summed E-state index contributed by atoms with van der Waals surface area (Å²) in [6.45, 7) is 4.19. The Bertz CT molecular complexity index is 1270. The van der Waals surface area contributed by atoms with Gasteiger partial charge in [0.1, 0.15) is 17.6 Å². The van der Waals surface area contributed by atoms with Crippen LogP contribution < -0.4 is 5.32 Å². The summed E-state index contributed by atoms with van der Waals surface area (Å²) in [5, 5.41) is 13.6. The first kappa shape index (κ1) is 20.1. The number of imidazole rings is 1. The number of anilines is 1. The molecule has 0 aromatic carbocycles. The van der Waals surface area contributed by atoms with E-state index in [2.05, 4.69) is 26.3 Å². The summed E-state index contributed by atoms with van der Waals surface area (Å²) >= 11 is 7.18. The van der Waals surface area contributed by atoms with Gasteiger partial charge in [0, 0.05) is 11.9 Å².